The lowest BCUT2D eigenvalue weighted by Gasteiger charge is -2.10. The van der Waals surface area contributed by atoms with Gasteiger partial charge in [-0.15, -0.1) is 0 Å². The van der Waals surface area contributed by atoms with Crippen LogP contribution in [0.25, 0.3) is 22.3 Å². The molecule has 0 unspecified atom stereocenters. The third-order valence-corrected chi connectivity index (χ3v) is 13.9. The first-order valence-corrected chi connectivity index (χ1v) is 28.0. The number of unbranched alkanes of at least 4 members (excludes halogenated alkanes) is 16. The van der Waals surface area contributed by atoms with Gasteiger partial charge in [0.1, 0.15) is 34.6 Å². The van der Waals surface area contributed by atoms with Crippen LogP contribution in [0, 0.1) is 11.6 Å². The van der Waals surface area contributed by atoms with Crippen LogP contribution >= 0.6 is 0 Å². The summed E-state index contributed by atoms with van der Waals surface area (Å²) < 4.78 is 52.2. The SMILES string of the molecule is CCCCCCCCCCCc1ccc(-c2ccc(C(=O)Oc3ccc(C(=O)Oc4cccc(OC(=O)c5ccc(OC(=O)c6ccc(-c7ccc(CCCCCCCCCCC)cc7)cc6)cc5F)c4)c(F)c3)cc2)cc1. The maximum absolute atomic E-state index is 15.3. The zero-order valence-corrected chi connectivity index (χ0v) is 45.2. The summed E-state index contributed by atoms with van der Waals surface area (Å²) in [7, 11) is 0. The van der Waals surface area contributed by atoms with E-state index in [9.17, 15) is 19.2 Å². The van der Waals surface area contributed by atoms with Gasteiger partial charge < -0.3 is 18.9 Å². The second-order valence-corrected chi connectivity index (χ2v) is 20.0. The lowest BCUT2D eigenvalue weighted by atomic mass is 10.00. The Hall–Kier alpha value is -7.72. The standard InChI is InChI=1S/C68H72F2O8/c1-3-5-7-9-11-13-15-17-19-22-49-26-30-51(31-27-49)53-34-38-55(39-35-53)65(71)75-59-42-44-61(63(69)47-59)67(73)77-57-24-21-25-58(46-57)78-68(74)62-45-43-60(48-64(62)70)76-66(72)56-40-36-54(37-41-56)52-32-28-50(29-33-52)23-20-18-16-14-12-10-8-6-4-2/h21,24-48H,3-20,22-23H2,1-2H3. The van der Waals surface area contributed by atoms with Crippen LogP contribution in [0.4, 0.5) is 8.78 Å². The van der Waals surface area contributed by atoms with Crippen LogP contribution in [-0.4, -0.2) is 23.9 Å². The smallest absolute Gasteiger partial charge is 0.346 e. The van der Waals surface area contributed by atoms with Crippen molar-refractivity contribution in [3.8, 4) is 45.3 Å². The van der Waals surface area contributed by atoms with Gasteiger partial charge in [-0.2, -0.15) is 0 Å². The van der Waals surface area contributed by atoms with E-state index in [2.05, 4.69) is 62.4 Å². The summed E-state index contributed by atoms with van der Waals surface area (Å²) in [6, 6.07) is 42.9. The average Bonchev–Trinajstić information content (AvgIpc) is 3.45. The highest BCUT2D eigenvalue weighted by Crippen LogP contribution is 2.28. The van der Waals surface area contributed by atoms with Crippen molar-refractivity contribution in [1.29, 1.82) is 0 Å². The first kappa shape index (κ1) is 58.0. The third kappa shape index (κ3) is 18.2. The van der Waals surface area contributed by atoms with Gasteiger partial charge in [-0.05, 0) is 120 Å². The van der Waals surface area contributed by atoms with Gasteiger partial charge in [0, 0.05) is 18.2 Å². The summed E-state index contributed by atoms with van der Waals surface area (Å²) in [5, 5.41) is 0. The number of benzene rings is 7. The van der Waals surface area contributed by atoms with Crippen LogP contribution in [0.2, 0.25) is 0 Å². The molecule has 0 aromatic heterocycles. The van der Waals surface area contributed by atoms with E-state index in [1.54, 1.807) is 24.3 Å². The van der Waals surface area contributed by atoms with E-state index >= 15 is 8.78 Å². The normalized spacial score (nSPS) is 11.0. The van der Waals surface area contributed by atoms with E-state index < -0.39 is 46.6 Å². The van der Waals surface area contributed by atoms with Crippen LogP contribution in [0.5, 0.6) is 23.0 Å². The Bertz CT molecular complexity index is 2820. The molecule has 0 atom stereocenters. The minimum absolute atomic E-state index is 0.0954. The van der Waals surface area contributed by atoms with Crippen LogP contribution in [0.15, 0.2) is 158 Å². The number of carbonyl (C=O) groups excluding carboxylic acids is 4. The molecule has 78 heavy (non-hydrogen) atoms. The molecule has 0 N–H and O–H groups in total. The molecule has 8 nitrogen and oxygen atoms in total. The van der Waals surface area contributed by atoms with Crippen molar-refractivity contribution in [2.45, 2.75) is 142 Å². The van der Waals surface area contributed by atoms with Gasteiger partial charge in [-0.3, -0.25) is 0 Å². The fourth-order valence-corrected chi connectivity index (χ4v) is 9.31. The quantitative estimate of drug-likeness (QED) is 0.0249. The molecule has 7 aromatic carbocycles. The van der Waals surface area contributed by atoms with Gasteiger partial charge in [-0.1, -0.05) is 195 Å². The highest BCUT2D eigenvalue weighted by molar-refractivity contribution is 5.95. The Morgan fingerprint density at radius 1 is 0.321 bits per heavy atom. The molecule has 10 heteroatoms. The Kier molecular flexibility index (Phi) is 22.9. The van der Waals surface area contributed by atoms with E-state index in [1.807, 2.05) is 24.3 Å². The first-order valence-electron chi connectivity index (χ1n) is 28.0. The summed E-state index contributed by atoms with van der Waals surface area (Å²) >= 11 is 0. The summed E-state index contributed by atoms with van der Waals surface area (Å²) in [4.78, 5) is 52.1. The number of ether oxygens (including phenoxy) is 4. The van der Waals surface area contributed by atoms with Crippen molar-refractivity contribution in [2.75, 3.05) is 0 Å². The molecule has 0 amide bonds. The molecule has 0 radical (unpaired) electrons. The van der Waals surface area contributed by atoms with Crippen molar-refractivity contribution in [3.05, 3.63) is 203 Å². The second-order valence-electron chi connectivity index (χ2n) is 20.0. The highest BCUT2D eigenvalue weighted by atomic mass is 19.1. The average molecular weight is 1060 g/mol. The summed E-state index contributed by atoms with van der Waals surface area (Å²) in [6.45, 7) is 4.49. The van der Waals surface area contributed by atoms with Gasteiger partial charge in [0.05, 0.1) is 22.3 Å². The number of aryl methyl sites for hydroxylation is 2. The summed E-state index contributed by atoms with van der Waals surface area (Å²) in [5.41, 5.74) is 6.17. The largest absolute Gasteiger partial charge is 0.423 e. The molecule has 406 valence electrons. The molecule has 0 aliphatic carbocycles. The Labute approximate surface area is 459 Å². The molecule has 0 bridgehead atoms. The number of hydrogen-bond acceptors (Lipinski definition) is 8. The molecule has 0 fully saturated rings. The molecule has 0 aliphatic heterocycles. The molecule has 0 heterocycles. The van der Waals surface area contributed by atoms with Gasteiger partial charge in [0.15, 0.2) is 0 Å². The van der Waals surface area contributed by atoms with E-state index in [0.29, 0.717) is 0 Å². The second kappa shape index (κ2) is 30.9. The fraction of sp³-hybridized carbons (Fsp3) is 0.324. The van der Waals surface area contributed by atoms with E-state index in [4.69, 9.17) is 18.9 Å². The van der Waals surface area contributed by atoms with Crippen LogP contribution in [0.3, 0.4) is 0 Å². The fourth-order valence-electron chi connectivity index (χ4n) is 9.31. The topological polar surface area (TPSA) is 105 Å². The molecular formula is C68H72F2O8. The number of esters is 4. The number of halogens is 2. The first-order chi connectivity index (χ1) is 38.1. The Morgan fingerprint density at radius 2 is 0.615 bits per heavy atom. The highest BCUT2D eigenvalue weighted by Gasteiger charge is 2.20. The van der Waals surface area contributed by atoms with Gasteiger partial charge >= 0.3 is 23.9 Å². The molecule has 0 aliphatic rings. The number of hydrogen-bond donors (Lipinski definition) is 0. The summed E-state index contributed by atoms with van der Waals surface area (Å²) in [5.74, 6) is -5.97. The van der Waals surface area contributed by atoms with Crippen LogP contribution in [-0.2, 0) is 12.8 Å². The Morgan fingerprint density at radius 3 is 0.949 bits per heavy atom. The maximum atomic E-state index is 15.3. The van der Waals surface area contributed by atoms with E-state index in [0.717, 1.165) is 59.4 Å². The van der Waals surface area contributed by atoms with E-state index in [1.165, 1.54) is 163 Å². The van der Waals surface area contributed by atoms with Crippen molar-refractivity contribution >= 4 is 23.9 Å². The Balaban J connectivity index is 0.832. The predicted molar refractivity (Wildman–Crippen MR) is 305 cm³/mol. The number of rotatable bonds is 30. The van der Waals surface area contributed by atoms with Gasteiger partial charge in [-0.25, -0.2) is 28.0 Å². The predicted octanol–water partition coefficient (Wildman–Crippen LogP) is 18.3. The zero-order chi connectivity index (χ0) is 54.9. The number of carbonyl (C=O) groups is 4. The zero-order valence-electron chi connectivity index (χ0n) is 45.2. The molecule has 0 spiro atoms. The van der Waals surface area contributed by atoms with Crippen LogP contribution in [0.1, 0.15) is 182 Å². The van der Waals surface area contributed by atoms with E-state index in [-0.39, 0.29) is 34.1 Å². The van der Waals surface area contributed by atoms with Crippen LogP contribution < -0.4 is 18.9 Å². The lowest BCUT2D eigenvalue weighted by molar-refractivity contribution is 0.0720. The minimum Gasteiger partial charge on any atom is -0.423 e. The third-order valence-electron chi connectivity index (χ3n) is 13.9. The van der Waals surface area contributed by atoms with Gasteiger partial charge in [0.25, 0.3) is 0 Å². The monoisotopic (exact) mass is 1050 g/mol. The molecule has 0 saturated heterocycles. The molecule has 0 saturated carbocycles. The molecular weight excluding hydrogens is 983 g/mol. The minimum atomic E-state index is -1.07. The van der Waals surface area contributed by atoms with Crippen molar-refractivity contribution < 1.29 is 46.9 Å². The molecule has 7 rings (SSSR count). The van der Waals surface area contributed by atoms with Gasteiger partial charge in [0.2, 0.25) is 0 Å². The molecule has 7 aromatic rings. The summed E-state index contributed by atoms with van der Waals surface area (Å²) in [6.07, 6.45) is 25.5. The van der Waals surface area contributed by atoms with Crippen molar-refractivity contribution in [2.24, 2.45) is 0 Å². The maximum Gasteiger partial charge on any atom is 0.346 e. The van der Waals surface area contributed by atoms with Crippen molar-refractivity contribution in [3.63, 3.8) is 0 Å². The lowest BCUT2D eigenvalue weighted by Crippen LogP contribution is -2.13. The van der Waals surface area contributed by atoms with Crippen molar-refractivity contribution in [1.82, 2.24) is 0 Å².